The molecule has 0 fully saturated rings. The molecule has 2 unspecified atom stereocenters. The summed E-state index contributed by atoms with van der Waals surface area (Å²) in [5.41, 5.74) is 7.84. The zero-order chi connectivity index (χ0) is 10.4. The molecule has 1 rings (SSSR count). The van der Waals surface area contributed by atoms with E-state index in [-0.39, 0.29) is 0 Å². The van der Waals surface area contributed by atoms with E-state index < -0.39 is 0 Å². The zero-order valence-electron chi connectivity index (χ0n) is 9.76. The fourth-order valence-electron chi connectivity index (χ4n) is 2.41. The van der Waals surface area contributed by atoms with Crippen LogP contribution in [0.3, 0.4) is 0 Å². The zero-order valence-corrected chi connectivity index (χ0v) is 9.76. The molecule has 2 atom stereocenters. The molecular weight excluding hydrogens is 170 g/mol. The lowest BCUT2D eigenvalue weighted by molar-refractivity contribution is 0.397. The van der Waals surface area contributed by atoms with Crippen LogP contribution >= 0.6 is 0 Å². The third kappa shape index (κ3) is 3.13. The van der Waals surface area contributed by atoms with Crippen molar-refractivity contribution < 1.29 is 0 Å². The monoisotopic (exact) mass is 195 g/mol. The largest absolute Gasteiger partial charge is 0.324 e. The van der Waals surface area contributed by atoms with Gasteiger partial charge in [-0.15, -0.1) is 0 Å². The van der Waals surface area contributed by atoms with Gasteiger partial charge in [0.15, 0.2) is 0 Å². The molecular formula is C13H25N. The van der Waals surface area contributed by atoms with E-state index in [1.54, 1.807) is 0 Å². The quantitative estimate of drug-likeness (QED) is 0.643. The van der Waals surface area contributed by atoms with E-state index in [4.69, 9.17) is 5.73 Å². The van der Waals surface area contributed by atoms with Crippen LogP contribution in [-0.2, 0) is 0 Å². The van der Waals surface area contributed by atoms with Crippen molar-refractivity contribution >= 4 is 0 Å². The van der Waals surface area contributed by atoms with Gasteiger partial charge in [-0.3, -0.25) is 0 Å². The molecule has 1 nitrogen and oxygen atoms in total. The molecule has 1 aliphatic carbocycles. The summed E-state index contributed by atoms with van der Waals surface area (Å²) in [6, 6.07) is 0.356. The third-order valence-electron chi connectivity index (χ3n) is 3.46. The Morgan fingerprint density at radius 3 is 2.71 bits per heavy atom. The lowest BCUT2D eigenvalue weighted by Gasteiger charge is -2.23. The molecule has 0 aromatic rings. The highest BCUT2D eigenvalue weighted by Gasteiger charge is 2.20. The van der Waals surface area contributed by atoms with Gasteiger partial charge in [0, 0.05) is 6.04 Å². The van der Waals surface area contributed by atoms with E-state index in [0.29, 0.717) is 6.04 Å². The van der Waals surface area contributed by atoms with Gasteiger partial charge in [-0.25, -0.2) is 0 Å². The lowest BCUT2D eigenvalue weighted by atomic mass is 9.87. The summed E-state index contributed by atoms with van der Waals surface area (Å²) >= 11 is 0. The van der Waals surface area contributed by atoms with Crippen LogP contribution in [0.1, 0.15) is 58.8 Å². The first kappa shape index (κ1) is 11.8. The lowest BCUT2D eigenvalue weighted by Crippen LogP contribution is -2.31. The van der Waals surface area contributed by atoms with Gasteiger partial charge in [-0.2, -0.15) is 0 Å². The van der Waals surface area contributed by atoms with Gasteiger partial charge in [-0.1, -0.05) is 44.8 Å². The molecule has 0 aromatic carbocycles. The number of unbranched alkanes of at least 4 members (excludes halogenated alkanes) is 1. The first-order valence-corrected chi connectivity index (χ1v) is 6.24. The fraction of sp³-hybridized carbons (Fsp3) is 0.846. The summed E-state index contributed by atoms with van der Waals surface area (Å²) in [7, 11) is 0. The predicted molar refractivity (Wildman–Crippen MR) is 63.2 cm³/mol. The Morgan fingerprint density at radius 1 is 1.43 bits per heavy atom. The molecule has 0 saturated heterocycles. The Labute approximate surface area is 88.8 Å². The van der Waals surface area contributed by atoms with Crippen LogP contribution in [0.15, 0.2) is 11.6 Å². The van der Waals surface area contributed by atoms with Gasteiger partial charge < -0.3 is 5.73 Å². The molecule has 1 aliphatic rings. The normalized spacial score (nSPS) is 20.6. The fourth-order valence-corrected chi connectivity index (χ4v) is 2.41. The van der Waals surface area contributed by atoms with Crippen molar-refractivity contribution in [2.24, 2.45) is 11.7 Å². The summed E-state index contributed by atoms with van der Waals surface area (Å²) in [5, 5.41) is 0. The predicted octanol–water partition coefficient (Wildman–Crippen LogP) is 3.64. The third-order valence-corrected chi connectivity index (χ3v) is 3.46. The van der Waals surface area contributed by atoms with E-state index in [1.165, 1.54) is 50.5 Å². The van der Waals surface area contributed by atoms with Crippen LogP contribution in [0.25, 0.3) is 0 Å². The van der Waals surface area contributed by atoms with Crippen LogP contribution in [0, 0.1) is 5.92 Å². The average molecular weight is 195 g/mol. The maximum Gasteiger partial charge on any atom is 0.0282 e. The molecule has 1 heteroatoms. The maximum atomic E-state index is 6.31. The Balaban J connectivity index is 2.41. The standard InChI is InChI=1S/C13H25N/c1-3-5-8-11(4-2)13(14)12-9-6-7-10-12/h9,11,13H,3-8,10,14H2,1-2H3. The number of hydrogen-bond donors (Lipinski definition) is 1. The van der Waals surface area contributed by atoms with E-state index in [1.807, 2.05) is 0 Å². The topological polar surface area (TPSA) is 26.0 Å². The maximum absolute atomic E-state index is 6.31. The Bertz CT molecular complexity index is 184. The molecule has 2 N–H and O–H groups in total. The number of rotatable bonds is 6. The molecule has 0 aliphatic heterocycles. The smallest absolute Gasteiger partial charge is 0.0282 e. The van der Waals surface area contributed by atoms with Crippen molar-refractivity contribution in [1.82, 2.24) is 0 Å². The van der Waals surface area contributed by atoms with Crippen molar-refractivity contribution in [1.29, 1.82) is 0 Å². The second-order valence-electron chi connectivity index (χ2n) is 4.51. The highest BCUT2D eigenvalue weighted by Crippen LogP contribution is 2.27. The van der Waals surface area contributed by atoms with Gasteiger partial charge >= 0.3 is 0 Å². The van der Waals surface area contributed by atoms with Crippen LogP contribution < -0.4 is 5.73 Å². The minimum atomic E-state index is 0.356. The first-order valence-electron chi connectivity index (χ1n) is 6.24. The summed E-state index contributed by atoms with van der Waals surface area (Å²) in [6.45, 7) is 4.53. The molecule has 0 amide bonds. The van der Waals surface area contributed by atoms with Crippen LogP contribution in [0.4, 0.5) is 0 Å². The Kier molecular flexibility index (Phi) is 5.24. The van der Waals surface area contributed by atoms with Gasteiger partial charge in [0.05, 0.1) is 0 Å². The van der Waals surface area contributed by atoms with Crippen molar-refractivity contribution in [3.63, 3.8) is 0 Å². The summed E-state index contributed by atoms with van der Waals surface area (Å²) in [5.74, 6) is 0.722. The van der Waals surface area contributed by atoms with Crippen molar-refractivity contribution in [2.75, 3.05) is 0 Å². The van der Waals surface area contributed by atoms with E-state index >= 15 is 0 Å². The van der Waals surface area contributed by atoms with Crippen molar-refractivity contribution in [3.05, 3.63) is 11.6 Å². The molecule has 0 saturated carbocycles. The molecule has 14 heavy (non-hydrogen) atoms. The van der Waals surface area contributed by atoms with Gasteiger partial charge in [0.1, 0.15) is 0 Å². The van der Waals surface area contributed by atoms with Gasteiger partial charge in [-0.05, 0) is 31.6 Å². The number of nitrogens with two attached hydrogens (primary N) is 1. The second kappa shape index (κ2) is 6.23. The van der Waals surface area contributed by atoms with Crippen molar-refractivity contribution in [3.8, 4) is 0 Å². The molecule has 82 valence electrons. The summed E-state index contributed by atoms with van der Waals surface area (Å²) in [6.07, 6.45) is 11.4. The first-order chi connectivity index (χ1) is 6.79. The van der Waals surface area contributed by atoms with E-state index in [9.17, 15) is 0 Å². The minimum absolute atomic E-state index is 0.356. The second-order valence-corrected chi connectivity index (χ2v) is 4.51. The van der Waals surface area contributed by atoms with Crippen molar-refractivity contribution in [2.45, 2.75) is 64.8 Å². The SMILES string of the molecule is CCCCC(CC)C(N)C1=CCCC1. The summed E-state index contributed by atoms with van der Waals surface area (Å²) < 4.78 is 0. The molecule has 0 spiro atoms. The summed E-state index contributed by atoms with van der Waals surface area (Å²) in [4.78, 5) is 0. The highest BCUT2D eigenvalue weighted by molar-refractivity contribution is 5.15. The van der Waals surface area contributed by atoms with Crippen LogP contribution in [0.2, 0.25) is 0 Å². The van der Waals surface area contributed by atoms with Crippen LogP contribution in [-0.4, -0.2) is 6.04 Å². The highest BCUT2D eigenvalue weighted by atomic mass is 14.7. The number of hydrogen-bond acceptors (Lipinski definition) is 1. The van der Waals surface area contributed by atoms with Crippen LogP contribution in [0.5, 0.6) is 0 Å². The van der Waals surface area contributed by atoms with E-state index in [0.717, 1.165) is 5.92 Å². The Hall–Kier alpha value is -0.300. The van der Waals surface area contributed by atoms with E-state index in [2.05, 4.69) is 19.9 Å². The Morgan fingerprint density at radius 2 is 2.21 bits per heavy atom. The van der Waals surface area contributed by atoms with Gasteiger partial charge in [0.2, 0.25) is 0 Å². The van der Waals surface area contributed by atoms with Gasteiger partial charge in [0.25, 0.3) is 0 Å². The molecule has 0 radical (unpaired) electrons. The average Bonchev–Trinajstić information content (AvgIpc) is 2.71. The molecule has 0 aromatic heterocycles. The molecule has 0 heterocycles. The number of allylic oxidation sites excluding steroid dienone is 1. The molecule has 0 bridgehead atoms. The minimum Gasteiger partial charge on any atom is -0.324 e.